The molecule has 3 rings (SSSR count). The zero-order chi connectivity index (χ0) is 20.3. The lowest BCUT2D eigenvalue weighted by atomic mass is 10.1. The minimum absolute atomic E-state index is 0. The molecule has 30 heavy (non-hydrogen) atoms. The molecular weight excluding hydrogens is 509 g/mol. The molecule has 172 valence electrons. The van der Waals surface area contributed by atoms with E-state index in [9.17, 15) is 0 Å². The van der Waals surface area contributed by atoms with Gasteiger partial charge in [-0.05, 0) is 58.4 Å². The lowest BCUT2D eigenvalue weighted by molar-refractivity contribution is 0.232. The van der Waals surface area contributed by atoms with E-state index in [1.807, 2.05) is 0 Å². The van der Waals surface area contributed by atoms with E-state index in [4.69, 9.17) is 4.99 Å². The van der Waals surface area contributed by atoms with Gasteiger partial charge in [0.15, 0.2) is 11.1 Å². The van der Waals surface area contributed by atoms with Crippen LogP contribution in [0.4, 0.5) is 0 Å². The molecule has 9 heteroatoms. The van der Waals surface area contributed by atoms with E-state index < -0.39 is 0 Å². The first-order chi connectivity index (χ1) is 14.3. The maximum absolute atomic E-state index is 4.78. The van der Waals surface area contributed by atoms with Crippen molar-refractivity contribution in [3.8, 4) is 0 Å². The van der Waals surface area contributed by atoms with Gasteiger partial charge in [0.25, 0.3) is 0 Å². The van der Waals surface area contributed by atoms with E-state index in [2.05, 4.69) is 43.5 Å². The highest BCUT2D eigenvalue weighted by Crippen LogP contribution is 2.33. The Labute approximate surface area is 203 Å². The molecule has 7 nitrogen and oxygen atoms in total. The molecule has 0 unspecified atom stereocenters. The zero-order valence-corrected chi connectivity index (χ0v) is 21.9. The predicted molar refractivity (Wildman–Crippen MR) is 137 cm³/mol. The molecule has 1 saturated heterocycles. The van der Waals surface area contributed by atoms with Crippen molar-refractivity contribution in [1.82, 2.24) is 30.3 Å². The van der Waals surface area contributed by atoms with Gasteiger partial charge in [-0.1, -0.05) is 31.0 Å². The number of thioether (sulfide) groups is 1. The molecule has 2 fully saturated rings. The Morgan fingerprint density at radius 3 is 2.57 bits per heavy atom. The summed E-state index contributed by atoms with van der Waals surface area (Å²) in [5.74, 6) is 2.08. The van der Waals surface area contributed by atoms with Crippen molar-refractivity contribution in [1.29, 1.82) is 0 Å². The average Bonchev–Trinajstić information content (AvgIpc) is 3.41. The van der Waals surface area contributed by atoms with E-state index >= 15 is 0 Å². The number of likely N-dealkylation sites (tertiary alicyclic amines) is 1. The molecule has 2 aliphatic rings. The Hall–Kier alpha value is -0.550. The summed E-state index contributed by atoms with van der Waals surface area (Å²) in [4.78, 5) is 7.33. The molecule has 1 aromatic heterocycles. The summed E-state index contributed by atoms with van der Waals surface area (Å²) in [7, 11) is 0. The van der Waals surface area contributed by atoms with Gasteiger partial charge in [-0.3, -0.25) is 4.99 Å². The molecule has 1 saturated carbocycles. The molecule has 1 aliphatic heterocycles. The Balaban J connectivity index is 0.00000320. The lowest BCUT2D eigenvalue weighted by Crippen LogP contribution is -2.42. The fourth-order valence-electron chi connectivity index (χ4n) is 4.43. The number of nitrogens with zero attached hydrogens (tertiary/aromatic N) is 5. The second-order valence-electron chi connectivity index (χ2n) is 8.10. The zero-order valence-electron chi connectivity index (χ0n) is 18.7. The Morgan fingerprint density at radius 1 is 1.10 bits per heavy atom. The average molecular weight is 550 g/mol. The number of halogens is 1. The smallest absolute Gasteiger partial charge is 0.191 e. The molecule has 0 radical (unpaired) electrons. The Bertz CT molecular complexity index is 625. The number of hydrogen-bond donors (Lipinski definition) is 2. The van der Waals surface area contributed by atoms with Crippen molar-refractivity contribution in [2.75, 3.05) is 45.5 Å². The number of aliphatic imine (C=N–C) groups is 1. The van der Waals surface area contributed by atoms with Crippen molar-refractivity contribution in [2.45, 2.75) is 75.9 Å². The number of aryl methyl sites for hydroxylation is 1. The third-order valence-electron chi connectivity index (χ3n) is 5.95. The van der Waals surface area contributed by atoms with Crippen LogP contribution in [0.25, 0.3) is 0 Å². The lowest BCUT2D eigenvalue weighted by Gasteiger charge is -2.26. The molecule has 1 aromatic rings. The summed E-state index contributed by atoms with van der Waals surface area (Å²) < 4.78 is 2.41. The van der Waals surface area contributed by atoms with E-state index in [0.717, 1.165) is 56.0 Å². The molecule has 0 atom stereocenters. The Morgan fingerprint density at radius 2 is 1.87 bits per heavy atom. The highest BCUT2D eigenvalue weighted by Gasteiger charge is 2.23. The van der Waals surface area contributed by atoms with Gasteiger partial charge in [-0.25, -0.2) is 0 Å². The first kappa shape index (κ1) is 25.7. The topological polar surface area (TPSA) is 70.4 Å². The van der Waals surface area contributed by atoms with E-state index in [1.165, 1.54) is 58.0 Å². The quantitative estimate of drug-likeness (QED) is 0.153. The summed E-state index contributed by atoms with van der Waals surface area (Å²) in [5, 5.41) is 16.9. The number of aromatic nitrogens is 3. The summed E-state index contributed by atoms with van der Waals surface area (Å²) in [5.41, 5.74) is 0. The van der Waals surface area contributed by atoms with E-state index in [1.54, 1.807) is 11.8 Å². The van der Waals surface area contributed by atoms with Crippen LogP contribution in [0.1, 0.15) is 70.2 Å². The van der Waals surface area contributed by atoms with Gasteiger partial charge in [0.05, 0.1) is 0 Å². The van der Waals surface area contributed by atoms with Crippen molar-refractivity contribution in [3.05, 3.63) is 5.82 Å². The van der Waals surface area contributed by atoms with Crippen molar-refractivity contribution in [3.63, 3.8) is 0 Å². The molecule has 0 aromatic carbocycles. The minimum Gasteiger partial charge on any atom is -0.357 e. The second-order valence-corrected chi connectivity index (χ2v) is 8.88. The van der Waals surface area contributed by atoms with Crippen LogP contribution in [-0.2, 0) is 6.42 Å². The maximum atomic E-state index is 4.78. The monoisotopic (exact) mass is 549 g/mol. The minimum atomic E-state index is 0. The van der Waals surface area contributed by atoms with Crippen molar-refractivity contribution >= 4 is 41.7 Å². The van der Waals surface area contributed by atoms with Crippen LogP contribution < -0.4 is 10.6 Å². The van der Waals surface area contributed by atoms with E-state index in [0.29, 0.717) is 6.04 Å². The SMILES string of the molecule is CCNC(=NCCCc1nnc(SC)n1C1CCCC1)NCCN1CCCCC1.I. The molecule has 0 amide bonds. The van der Waals surface area contributed by atoms with Crippen LogP contribution in [0.5, 0.6) is 0 Å². The largest absolute Gasteiger partial charge is 0.357 e. The first-order valence-corrected chi connectivity index (χ1v) is 12.8. The predicted octanol–water partition coefficient (Wildman–Crippen LogP) is 3.71. The summed E-state index contributed by atoms with van der Waals surface area (Å²) in [6.45, 7) is 8.37. The van der Waals surface area contributed by atoms with Gasteiger partial charge in [-0.2, -0.15) is 0 Å². The molecular formula is C21H40IN7S. The van der Waals surface area contributed by atoms with Crippen molar-refractivity contribution in [2.24, 2.45) is 4.99 Å². The summed E-state index contributed by atoms with van der Waals surface area (Å²) in [6.07, 6.45) is 13.3. The van der Waals surface area contributed by atoms with Crippen LogP contribution in [-0.4, -0.2) is 71.1 Å². The standard InChI is InChI=1S/C21H39N7S.HI/c1-3-22-20(24-14-17-27-15-7-4-8-16-27)23-13-9-12-19-25-26-21(29-2)28(19)18-10-5-6-11-18;/h18H,3-17H2,1-2H3,(H2,22,23,24);1H. The third-order valence-corrected chi connectivity index (χ3v) is 6.59. The third kappa shape index (κ3) is 7.85. The normalized spacial score (nSPS) is 18.4. The van der Waals surface area contributed by atoms with Gasteiger partial charge >= 0.3 is 0 Å². The van der Waals surface area contributed by atoms with Crippen LogP contribution >= 0.6 is 35.7 Å². The van der Waals surface area contributed by atoms with Gasteiger partial charge < -0.3 is 20.1 Å². The highest BCUT2D eigenvalue weighted by atomic mass is 127. The number of hydrogen-bond acceptors (Lipinski definition) is 5. The van der Waals surface area contributed by atoms with Gasteiger partial charge in [0.1, 0.15) is 5.82 Å². The van der Waals surface area contributed by atoms with Gasteiger partial charge in [0.2, 0.25) is 0 Å². The number of guanidine groups is 1. The van der Waals surface area contributed by atoms with Gasteiger partial charge in [0, 0.05) is 38.6 Å². The van der Waals surface area contributed by atoms with Crippen LogP contribution in [0, 0.1) is 0 Å². The van der Waals surface area contributed by atoms with Gasteiger partial charge in [-0.15, -0.1) is 34.2 Å². The molecule has 0 bridgehead atoms. The number of rotatable bonds is 10. The van der Waals surface area contributed by atoms with E-state index in [-0.39, 0.29) is 24.0 Å². The summed E-state index contributed by atoms with van der Waals surface area (Å²) >= 11 is 1.71. The molecule has 1 aliphatic carbocycles. The van der Waals surface area contributed by atoms with Crippen LogP contribution in [0.3, 0.4) is 0 Å². The fraction of sp³-hybridized carbons (Fsp3) is 0.857. The molecule has 2 heterocycles. The highest BCUT2D eigenvalue weighted by molar-refractivity contribution is 14.0. The second kappa shape index (κ2) is 14.5. The van der Waals surface area contributed by atoms with Crippen LogP contribution in [0.2, 0.25) is 0 Å². The molecule has 2 N–H and O–H groups in total. The van der Waals surface area contributed by atoms with Crippen LogP contribution in [0.15, 0.2) is 10.1 Å². The number of nitrogens with one attached hydrogen (secondary N) is 2. The maximum Gasteiger partial charge on any atom is 0.191 e. The first-order valence-electron chi connectivity index (χ1n) is 11.5. The fourth-order valence-corrected chi connectivity index (χ4v) is 5.01. The van der Waals surface area contributed by atoms with Crippen molar-refractivity contribution < 1.29 is 0 Å². The molecule has 0 spiro atoms. The number of piperidine rings is 1. The summed E-state index contributed by atoms with van der Waals surface area (Å²) in [6, 6.07) is 0.597. The Kier molecular flexibility index (Phi) is 12.4.